The number of carboxylic acids is 1. The van der Waals surface area contributed by atoms with E-state index in [1.165, 1.54) is 16.7 Å². The van der Waals surface area contributed by atoms with Crippen LogP contribution in [0.15, 0.2) is 60.0 Å². The molecule has 5 heteroatoms. The lowest BCUT2D eigenvalue weighted by Crippen LogP contribution is -1.96. The molecule has 0 aliphatic rings. The van der Waals surface area contributed by atoms with Crippen LogP contribution in [0.4, 0.5) is 0 Å². The van der Waals surface area contributed by atoms with Gasteiger partial charge in [-0.2, -0.15) is 0 Å². The van der Waals surface area contributed by atoms with Gasteiger partial charge in [-0.25, -0.2) is 9.78 Å². The van der Waals surface area contributed by atoms with E-state index in [2.05, 4.69) is 4.98 Å². The van der Waals surface area contributed by atoms with Crippen LogP contribution in [0.1, 0.15) is 16.1 Å². The van der Waals surface area contributed by atoms with Crippen LogP contribution in [0.3, 0.4) is 0 Å². The Hall–Kier alpha value is -2.66. The van der Waals surface area contributed by atoms with E-state index in [0.29, 0.717) is 11.6 Å². The van der Waals surface area contributed by atoms with Crippen molar-refractivity contribution >= 4 is 17.3 Å². The average molecular weight is 311 g/mol. The fourth-order valence-corrected chi connectivity index (χ4v) is 2.74. The monoisotopic (exact) mass is 311 g/mol. The molecule has 0 aliphatic heterocycles. The summed E-state index contributed by atoms with van der Waals surface area (Å²) >= 11 is 1.31. The molecule has 0 spiro atoms. The molecule has 0 atom stereocenters. The molecule has 3 rings (SSSR count). The van der Waals surface area contributed by atoms with Crippen molar-refractivity contribution < 1.29 is 14.6 Å². The SMILES string of the molecule is O=C(O)c1csc(-c2ccc(OCc3ccccc3)cc2)n1. The summed E-state index contributed by atoms with van der Waals surface area (Å²) in [4.78, 5) is 14.9. The Bertz CT molecular complexity index is 766. The minimum atomic E-state index is -1.01. The van der Waals surface area contributed by atoms with Gasteiger partial charge in [-0.3, -0.25) is 0 Å². The first-order chi connectivity index (χ1) is 10.7. The Kier molecular flexibility index (Phi) is 4.16. The van der Waals surface area contributed by atoms with E-state index in [1.54, 1.807) is 0 Å². The molecular weight excluding hydrogens is 298 g/mol. The molecule has 110 valence electrons. The lowest BCUT2D eigenvalue weighted by molar-refractivity contribution is 0.0691. The number of aromatic nitrogens is 1. The normalized spacial score (nSPS) is 10.4. The summed E-state index contributed by atoms with van der Waals surface area (Å²) in [5.41, 5.74) is 2.06. The molecule has 1 aromatic heterocycles. The van der Waals surface area contributed by atoms with Crippen molar-refractivity contribution in [2.75, 3.05) is 0 Å². The number of hydrogen-bond donors (Lipinski definition) is 1. The topological polar surface area (TPSA) is 59.4 Å². The fourth-order valence-electron chi connectivity index (χ4n) is 1.94. The van der Waals surface area contributed by atoms with E-state index in [0.717, 1.165) is 16.9 Å². The largest absolute Gasteiger partial charge is 0.489 e. The molecule has 0 unspecified atom stereocenters. The van der Waals surface area contributed by atoms with E-state index in [1.807, 2.05) is 54.6 Å². The second kappa shape index (κ2) is 6.41. The number of ether oxygens (including phenoxy) is 1. The third-order valence-corrected chi connectivity index (χ3v) is 3.96. The second-order valence-electron chi connectivity index (χ2n) is 4.64. The highest BCUT2D eigenvalue weighted by Crippen LogP contribution is 2.26. The maximum Gasteiger partial charge on any atom is 0.355 e. The number of carbonyl (C=O) groups is 1. The summed E-state index contributed by atoms with van der Waals surface area (Å²) in [5, 5.41) is 11.1. The zero-order chi connectivity index (χ0) is 15.4. The van der Waals surface area contributed by atoms with Crippen molar-refractivity contribution in [3.05, 3.63) is 71.2 Å². The smallest absolute Gasteiger partial charge is 0.355 e. The van der Waals surface area contributed by atoms with Crippen molar-refractivity contribution in [2.24, 2.45) is 0 Å². The number of nitrogens with zero attached hydrogens (tertiary/aromatic N) is 1. The molecule has 0 amide bonds. The lowest BCUT2D eigenvalue weighted by Gasteiger charge is -2.06. The molecular formula is C17H13NO3S. The second-order valence-corrected chi connectivity index (χ2v) is 5.50. The van der Waals surface area contributed by atoms with Crippen LogP contribution in [-0.4, -0.2) is 16.1 Å². The van der Waals surface area contributed by atoms with Gasteiger partial charge in [-0.05, 0) is 29.8 Å². The van der Waals surface area contributed by atoms with Gasteiger partial charge in [0.05, 0.1) is 0 Å². The van der Waals surface area contributed by atoms with Crippen molar-refractivity contribution in [1.29, 1.82) is 0 Å². The predicted molar refractivity (Wildman–Crippen MR) is 85.3 cm³/mol. The van der Waals surface area contributed by atoms with Crippen LogP contribution in [-0.2, 0) is 6.61 Å². The molecule has 1 N–H and O–H groups in total. The molecule has 0 radical (unpaired) electrons. The summed E-state index contributed by atoms with van der Waals surface area (Å²) < 4.78 is 5.72. The Morgan fingerprint density at radius 2 is 1.82 bits per heavy atom. The van der Waals surface area contributed by atoms with Gasteiger partial charge in [0, 0.05) is 10.9 Å². The number of rotatable bonds is 5. The molecule has 0 saturated carbocycles. The first kappa shape index (κ1) is 14.3. The first-order valence-corrected chi connectivity index (χ1v) is 7.56. The van der Waals surface area contributed by atoms with Gasteiger partial charge >= 0.3 is 5.97 Å². The van der Waals surface area contributed by atoms with Crippen LogP contribution < -0.4 is 4.74 Å². The third-order valence-electron chi connectivity index (χ3n) is 3.07. The Balaban J connectivity index is 1.68. The van der Waals surface area contributed by atoms with E-state index in [-0.39, 0.29) is 5.69 Å². The minimum absolute atomic E-state index is 0.0735. The summed E-state index contributed by atoms with van der Waals surface area (Å²) in [7, 11) is 0. The Morgan fingerprint density at radius 3 is 2.45 bits per heavy atom. The molecule has 0 aliphatic carbocycles. The molecule has 4 nitrogen and oxygen atoms in total. The predicted octanol–water partition coefficient (Wildman–Crippen LogP) is 4.09. The van der Waals surface area contributed by atoms with Gasteiger partial charge < -0.3 is 9.84 Å². The van der Waals surface area contributed by atoms with Gasteiger partial charge in [0.15, 0.2) is 5.69 Å². The Labute approximate surface area is 131 Å². The number of benzene rings is 2. The average Bonchev–Trinajstić information content (AvgIpc) is 3.05. The highest BCUT2D eigenvalue weighted by Gasteiger charge is 2.10. The first-order valence-electron chi connectivity index (χ1n) is 6.68. The number of thiazole rings is 1. The van der Waals surface area contributed by atoms with Crippen LogP contribution in [0.2, 0.25) is 0 Å². The summed E-state index contributed by atoms with van der Waals surface area (Å²) in [6, 6.07) is 17.4. The summed E-state index contributed by atoms with van der Waals surface area (Å²) in [6.45, 7) is 0.514. The quantitative estimate of drug-likeness (QED) is 0.771. The van der Waals surface area contributed by atoms with Gasteiger partial charge in [-0.1, -0.05) is 30.3 Å². The van der Waals surface area contributed by atoms with Crippen LogP contribution >= 0.6 is 11.3 Å². The lowest BCUT2D eigenvalue weighted by atomic mass is 10.2. The van der Waals surface area contributed by atoms with Crippen molar-refractivity contribution in [2.45, 2.75) is 6.61 Å². The zero-order valence-corrected chi connectivity index (χ0v) is 12.4. The van der Waals surface area contributed by atoms with Gasteiger partial charge in [0.25, 0.3) is 0 Å². The summed E-state index contributed by atoms with van der Waals surface area (Å²) in [5.74, 6) is -0.243. The highest BCUT2D eigenvalue weighted by molar-refractivity contribution is 7.13. The third kappa shape index (κ3) is 3.32. The van der Waals surface area contributed by atoms with Crippen LogP contribution in [0.5, 0.6) is 5.75 Å². The molecule has 22 heavy (non-hydrogen) atoms. The maximum atomic E-state index is 10.8. The van der Waals surface area contributed by atoms with E-state index < -0.39 is 5.97 Å². The molecule has 3 aromatic rings. The molecule has 1 heterocycles. The van der Waals surface area contributed by atoms with Crippen molar-refractivity contribution in [1.82, 2.24) is 4.98 Å². The van der Waals surface area contributed by atoms with Gasteiger partial charge in [-0.15, -0.1) is 11.3 Å². The van der Waals surface area contributed by atoms with E-state index >= 15 is 0 Å². The van der Waals surface area contributed by atoms with Crippen molar-refractivity contribution in [3.8, 4) is 16.3 Å². The number of aromatic carboxylic acids is 1. The number of carboxylic acid groups (broad SMARTS) is 1. The molecule has 0 bridgehead atoms. The summed E-state index contributed by atoms with van der Waals surface area (Å²) in [6.07, 6.45) is 0. The van der Waals surface area contributed by atoms with Crippen LogP contribution in [0, 0.1) is 0 Å². The minimum Gasteiger partial charge on any atom is -0.489 e. The molecule has 2 aromatic carbocycles. The van der Waals surface area contributed by atoms with E-state index in [4.69, 9.17) is 9.84 Å². The molecule has 0 fully saturated rings. The maximum absolute atomic E-state index is 10.8. The van der Waals surface area contributed by atoms with Crippen molar-refractivity contribution in [3.63, 3.8) is 0 Å². The van der Waals surface area contributed by atoms with E-state index in [9.17, 15) is 4.79 Å². The Morgan fingerprint density at radius 1 is 1.09 bits per heavy atom. The highest BCUT2D eigenvalue weighted by atomic mass is 32.1. The zero-order valence-electron chi connectivity index (χ0n) is 11.6. The standard InChI is InChI=1S/C17H13NO3S/c19-17(20)15-11-22-16(18-15)13-6-8-14(9-7-13)21-10-12-4-2-1-3-5-12/h1-9,11H,10H2,(H,19,20). The van der Waals surface area contributed by atoms with Gasteiger partial charge in [0.2, 0.25) is 0 Å². The van der Waals surface area contributed by atoms with Crippen LogP contribution in [0.25, 0.3) is 10.6 Å². The van der Waals surface area contributed by atoms with Gasteiger partial charge in [0.1, 0.15) is 17.4 Å². The fraction of sp³-hybridized carbons (Fsp3) is 0.0588. The number of hydrogen-bond acceptors (Lipinski definition) is 4. The molecule has 0 saturated heterocycles.